The Morgan fingerprint density at radius 2 is 2.05 bits per heavy atom. The van der Waals surface area contributed by atoms with Crippen molar-refractivity contribution in [1.29, 1.82) is 0 Å². The minimum Gasteiger partial charge on any atom is -0.398 e. The third kappa shape index (κ3) is 2.75. The van der Waals surface area contributed by atoms with Crippen molar-refractivity contribution in [1.82, 2.24) is 20.2 Å². The van der Waals surface area contributed by atoms with Crippen LogP contribution in [0.1, 0.15) is 39.2 Å². The van der Waals surface area contributed by atoms with Gasteiger partial charge in [-0.15, -0.1) is 5.10 Å². The smallest absolute Gasteiger partial charge is 0.182 e. The fourth-order valence-corrected chi connectivity index (χ4v) is 3.22. The first-order chi connectivity index (χ1) is 10.1. The third-order valence-electron chi connectivity index (χ3n) is 4.67. The predicted octanol–water partition coefficient (Wildman–Crippen LogP) is 3.57. The Kier molecular flexibility index (Phi) is 3.85. The molecule has 0 saturated heterocycles. The summed E-state index contributed by atoms with van der Waals surface area (Å²) in [6, 6.07) is 5.90. The third-order valence-corrected chi connectivity index (χ3v) is 5.00. The minimum absolute atomic E-state index is 0.359. The Hall–Kier alpha value is -1.62. The van der Waals surface area contributed by atoms with Gasteiger partial charge in [-0.3, -0.25) is 0 Å². The molecule has 0 amide bonds. The summed E-state index contributed by atoms with van der Waals surface area (Å²) in [6.07, 6.45) is 3.45. The highest BCUT2D eigenvalue weighted by Crippen LogP contribution is 2.37. The van der Waals surface area contributed by atoms with Crippen LogP contribution in [0.5, 0.6) is 0 Å². The number of nitrogen functional groups attached to an aromatic ring is 1. The van der Waals surface area contributed by atoms with Gasteiger partial charge >= 0.3 is 0 Å². The van der Waals surface area contributed by atoms with Crippen LogP contribution in [0.3, 0.4) is 0 Å². The van der Waals surface area contributed by atoms with Crippen molar-refractivity contribution < 1.29 is 0 Å². The van der Waals surface area contributed by atoms with Crippen molar-refractivity contribution in [3.05, 3.63) is 23.2 Å². The largest absolute Gasteiger partial charge is 0.398 e. The summed E-state index contributed by atoms with van der Waals surface area (Å²) in [6.45, 7) is 4.63. The van der Waals surface area contributed by atoms with E-state index >= 15 is 0 Å². The first-order valence-electron chi connectivity index (χ1n) is 7.39. The summed E-state index contributed by atoms with van der Waals surface area (Å²) >= 11 is 6.11. The lowest BCUT2D eigenvalue weighted by atomic mass is 9.79. The molecular weight excluding hydrogens is 286 g/mol. The molecule has 2 N–H and O–H groups in total. The Morgan fingerprint density at radius 1 is 1.24 bits per heavy atom. The fourth-order valence-electron chi connectivity index (χ4n) is 3.04. The van der Waals surface area contributed by atoms with Crippen LogP contribution in [-0.4, -0.2) is 20.2 Å². The van der Waals surface area contributed by atoms with E-state index in [0.717, 1.165) is 30.1 Å². The molecule has 0 bridgehead atoms. The van der Waals surface area contributed by atoms with E-state index in [4.69, 9.17) is 17.3 Å². The second kappa shape index (κ2) is 5.64. The summed E-state index contributed by atoms with van der Waals surface area (Å²) < 4.78 is 1.95. The molecule has 0 radical (unpaired) electrons. The standard InChI is InChI=1S/C15H20ClN5/c1-9-3-5-12(7-10(9)2)21-15(18-19-20-21)11-4-6-14(17)13(16)8-11/h4,6,8-10,12H,3,5,7,17H2,1-2H3. The van der Waals surface area contributed by atoms with Gasteiger partial charge < -0.3 is 5.73 Å². The first kappa shape index (κ1) is 14.3. The lowest BCUT2D eigenvalue weighted by Crippen LogP contribution is -2.24. The molecule has 0 aliphatic heterocycles. The van der Waals surface area contributed by atoms with E-state index in [1.165, 1.54) is 6.42 Å². The molecule has 112 valence electrons. The summed E-state index contributed by atoms with van der Waals surface area (Å²) in [4.78, 5) is 0. The molecule has 1 saturated carbocycles. The van der Waals surface area contributed by atoms with Gasteiger partial charge in [0.25, 0.3) is 0 Å². The number of nitrogens with zero attached hydrogens (tertiary/aromatic N) is 4. The number of rotatable bonds is 2. The van der Waals surface area contributed by atoms with Crippen LogP contribution in [0.4, 0.5) is 5.69 Å². The van der Waals surface area contributed by atoms with Gasteiger partial charge in [-0.2, -0.15) is 0 Å². The second-order valence-corrected chi connectivity index (χ2v) is 6.51. The van der Waals surface area contributed by atoms with Crippen LogP contribution < -0.4 is 5.73 Å². The maximum atomic E-state index is 6.11. The normalized spacial score (nSPS) is 26.0. The lowest BCUT2D eigenvalue weighted by Gasteiger charge is -2.32. The van der Waals surface area contributed by atoms with Gasteiger partial charge in [-0.25, -0.2) is 4.68 Å². The van der Waals surface area contributed by atoms with Gasteiger partial charge in [0.2, 0.25) is 0 Å². The predicted molar refractivity (Wildman–Crippen MR) is 83.9 cm³/mol. The molecular formula is C15H20ClN5. The van der Waals surface area contributed by atoms with Crippen molar-refractivity contribution in [2.45, 2.75) is 39.2 Å². The average Bonchev–Trinajstić information content (AvgIpc) is 2.94. The van der Waals surface area contributed by atoms with Gasteiger partial charge in [0, 0.05) is 5.56 Å². The van der Waals surface area contributed by atoms with E-state index in [0.29, 0.717) is 22.7 Å². The molecule has 1 aromatic heterocycles. The van der Waals surface area contributed by atoms with Gasteiger partial charge in [-0.05, 0) is 59.7 Å². The molecule has 6 heteroatoms. The van der Waals surface area contributed by atoms with Gasteiger partial charge in [0.05, 0.1) is 16.8 Å². The van der Waals surface area contributed by atoms with Gasteiger partial charge in [-0.1, -0.05) is 25.4 Å². The zero-order chi connectivity index (χ0) is 15.0. The molecule has 1 fully saturated rings. The SMILES string of the molecule is CC1CCC(n2nnnc2-c2ccc(N)c(Cl)c2)CC1C. The highest BCUT2D eigenvalue weighted by Gasteiger charge is 2.28. The maximum Gasteiger partial charge on any atom is 0.182 e. The number of benzene rings is 1. The lowest BCUT2D eigenvalue weighted by molar-refractivity contribution is 0.200. The van der Waals surface area contributed by atoms with E-state index in [-0.39, 0.29) is 0 Å². The highest BCUT2D eigenvalue weighted by atomic mass is 35.5. The van der Waals surface area contributed by atoms with Crippen LogP contribution in [0, 0.1) is 11.8 Å². The number of hydrogen-bond acceptors (Lipinski definition) is 4. The quantitative estimate of drug-likeness (QED) is 0.861. The Morgan fingerprint density at radius 3 is 2.76 bits per heavy atom. The number of anilines is 1. The zero-order valence-corrected chi connectivity index (χ0v) is 13.1. The van der Waals surface area contributed by atoms with Crippen LogP contribution in [0.15, 0.2) is 18.2 Å². The molecule has 21 heavy (non-hydrogen) atoms. The monoisotopic (exact) mass is 305 g/mol. The summed E-state index contributed by atoms with van der Waals surface area (Å²) in [5.74, 6) is 2.23. The van der Waals surface area contributed by atoms with Crippen LogP contribution in [0.25, 0.3) is 11.4 Å². The van der Waals surface area contributed by atoms with Crippen molar-refractivity contribution >= 4 is 17.3 Å². The number of hydrogen-bond donors (Lipinski definition) is 1. The molecule has 0 spiro atoms. The topological polar surface area (TPSA) is 69.6 Å². The van der Waals surface area contributed by atoms with E-state index in [1.807, 2.05) is 16.8 Å². The van der Waals surface area contributed by atoms with Gasteiger partial charge in [0.15, 0.2) is 5.82 Å². The van der Waals surface area contributed by atoms with Crippen molar-refractivity contribution in [2.24, 2.45) is 11.8 Å². The molecule has 3 atom stereocenters. The van der Waals surface area contributed by atoms with Crippen molar-refractivity contribution in [3.63, 3.8) is 0 Å². The fraction of sp³-hybridized carbons (Fsp3) is 0.533. The zero-order valence-electron chi connectivity index (χ0n) is 12.3. The first-order valence-corrected chi connectivity index (χ1v) is 7.77. The average molecular weight is 306 g/mol. The van der Waals surface area contributed by atoms with Gasteiger partial charge in [0.1, 0.15) is 0 Å². The summed E-state index contributed by atoms with van der Waals surface area (Å²) in [5.41, 5.74) is 7.24. The molecule has 1 aliphatic carbocycles. The number of tetrazole rings is 1. The number of halogens is 1. The van der Waals surface area contributed by atoms with E-state index in [1.54, 1.807) is 6.07 Å². The van der Waals surface area contributed by atoms with Crippen LogP contribution >= 0.6 is 11.6 Å². The molecule has 3 rings (SSSR count). The molecule has 1 aliphatic rings. The number of nitrogens with two attached hydrogens (primary N) is 1. The Bertz CT molecular complexity index is 639. The highest BCUT2D eigenvalue weighted by molar-refractivity contribution is 6.33. The van der Waals surface area contributed by atoms with Crippen LogP contribution in [0.2, 0.25) is 5.02 Å². The van der Waals surface area contributed by atoms with E-state index in [9.17, 15) is 0 Å². The summed E-state index contributed by atoms with van der Waals surface area (Å²) in [7, 11) is 0. The molecule has 5 nitrogen and oxygen atoms in total. The Balaban J connectivity index is 1.92. The molecule has 1 heterocycles. The van der Waals surface area contributed by atoms with E-state index in [2.05, 4.69) is 29.4 Å². The maximum absolute atomic E-state index is 6.11. The molecule has 3 unspecified atom stereocenters. The van der Waals surface area contributed by atoms with E-state index < -0.39 is 0 Å². The number of aromatic nitrogens is 4. The van der Waals surface area contributed by atoms with Crippen molar-refractivity contribution in [2.75, 3.05) is 5.73 Å². The second-order valence-electron chi connectivity index (χ2n) is 6.10. The van der Waals surface area contributed by atoms with Crippen LogP contribution in [-0.2, 0) is 0 Å². The minimum atomic E-state index is 0.359. The Labute approximate surface area is 129 Å². The molecule has 1 aromatic carbocycles. The molecule has 2 aromatic rings. The van der Waals surface area contributed by atoms with Crippen molar-refractivity contribution in [3.8, 4) is 11.4 Å². The summed E-state index contributed by atoms with van der Waals surface area (Å²) in [5, 5.41) is 12.8.